The van der Waals surface area contributed by atoms with E-state index in [9.17, 15) is 4.79 Å². The van der Waals surface area contributed by atoms with Gasteiger partial charge in [0.2, 0.25) is 0 Å². The molecular weight excluding hydrogens is 302 g/mol. The van der Waals surface area contributed by atoms with Crippen molar-refractivity contribution in [1.29, 1.82) is 0 Å². The summed E-state index contributed by atoms with van der Waals surface area (Å²) in [5, 5.41) is 6.77. The van der Waals surface area contributed by atoms with Crippen LogP contribution >= 0.6 is 24.0 Å². The number of carbonyl (C=O) groups excluding carboxylic acids is 1. The van der Waals surface area contributed by atoms with Crippen molar-refractivity contribution >= 4 is 35.0 Å². The number of allylic oxidation sites excluding steroid dienone is 1. The molecule has 0 aliphatic carbocycles. The topological polar surface area (TPSA) is 44.4 Å². The Morgan fingerprint density at radius 3 is 2.43 bits per heavy atom. The maximum absolute atomic E-state index is 12.5. The molecular formula is C15H19N3OS2. The lowest BCUT2D eigenvalue weighted by atomic mass is 9.95. The molecule has 6 heteroatoms. The minimum atomic E-state index is -0.218. The summed E-state index contributed by atoms with van der Waals surface area (Å²) in [6.45, 7) is 1.88. The average molecular weight is 321 g/mol. The van der Waals surface area contributed by atoms with Crippen LogP contribution in [0.25, 0.3) is 0 Å². The zero-order valence-corrected chi connectivity index (χ0v) is 14.2. The Hall–Kier alpha value is -1.53. The molecule has 1 amide bonds. The Kier molecular flexibility index (Phi) is 4.90. The Morgan fingerprint density at radius 1 is 1.29 bits per heavy atom. The number of thiocarbonyl (C=S) groups is 1. The molecule has 4 nitrogen and oxygen atoms in total. The Labute approximate surface area is 135 Å². The van der Waals surface area contributed by atoms with Gasteiger partial charge in [-0.3, -0.25) is 4.79 Å². The van der Waals surface area contributed by atoms with Gasteiger partial charge in [-0.25, -0.2) is 0 Å². The van der Waals surface area contributed by atoms with E-state index in [2.05, 4.69) is 22.8 Å². The number of amides is 1. The van der Waals surface area contributed by atoms with Gasteiger partial charge in [0.25, 0.3) is 5.91 Å². The molecule has 0 unspecified atom stereocenters. The van der Waals surface area contributed by atoms with Crippen LogP contribution in [0, 0.1) is 0 Å². The van der Waals surface area contributed by atoms with Crippen molar-refractivity contribution in [2.45, 2.75) is 17.9 Å². The van der Waals surface area contributed by atoms with Crippen LogP contribution < -0.4 is 10.6 Å². The van der Waals surface area contributed by atoms with Crippen LogP contribution in [0.5, 0.6) is 0 Å². The second-order valence-electron chi connectivity index (χ2n) is 5.04. The van der Waals surface area contributed by atoms with E-state index in [1.165, 1.54) is 4.90 Å². The Balaban J connectivity index is 2.44. The highest BCUT2D eigenvalue weighted by Gasteiger charge is 2.30. The summed E-state index contributed by atoms with van der Waals surface area (Å²) in [7, 11) is 3.51. The van der Waals surface area contributed by atoms with Gasteiger partial charge < -0.3 is 15.5 Å². The van der Waals surface area contributed by atoms with Gasteiger partial charge in [-0.2, -0.15) is 0 Å². The molecule has 2 N–H and O–H groups in total. The number of nitrogens with one attached hydrogen (secondary N) is 2. The van der Waals surface area contributed by atoms with E-state index in [-0.39, 0.29) is 11.9 Å². The number of likely N-dealkylation sites (N-methyl/N-ethyl adjacent to an activating group) is 1. The third kappa shape index (κ3) is 3.39. The molecule has 1 heterocycles. The van der Waals surface area contributed by atoms with E-state index >= 15 is 0 Å². The normalized spacial score (nSPS) is 18.1. The molecule has 1 aromatic carbocycles. The fraction of sp³-hybridized carbons (Fsp3) is 0.333. The third-order valence-corrected chi connectivity index (χ3v) is 4.32. The maximum atomic E-state index is 12.5. The molecule has 2 rings (SSSR count). The van der Waals surface area contributed by atoms with Gasteiger partial charge >= 0.3 is 0 Å². The van der Waals surface area contributed by atoms with Crippen LogP contribution in [-0.4, -0.2) is 36.3 Å². The highest BCUT2D eigenvalue weighted by Crippen LogP contribution is 2.29. The fourth-order valence-corrected chi connectivity index (χ4v) is 2.94. The predicted octanol–water partition coefficient (Wildman–Crippen LogP) is 2.29. The lowest BCUT2D eigenvalue weighted by Crippen LogP contribution is -2.46. The Morgan fingerprint density at radius 2 is 1.90 bits per heavy atom. The van der Waals surface area contributed by atoms with E-state index in [1.54, 1.807) is 30.8 Å². The van der Waals surface area contributed by atoms with E-state index in [0.29, 0.717) is 10.7 Å². The molecule has 0 spiro atoms. The van der Waals surface area contributed by atoms with Crippen LogP contribution in [0.15, 0.2) is 40.4 Å². The van der Waals surface area contributed by atoms with Gasteiger partial charge in [0, 0.05) is 24.7 Å². The van der Waals surface area contributed by atoms with Gasteiger partial charge in [-0.05, 0) is 43.1 Å². The molecule has 0 bridgehead atoms. The van der Waals surface area contributed by atoms with E-state index in [4.69, 9.17) is 12.2 Å². The largest absolute Gasteiger partial charge is 0.351 e. The number of hydrogen-bond acceptors (Lipinski definition) is 3. The molecule has 21 heavy (non-hydrogen) atoms. The molecule has 0 saturated heterocycles. The molecule has 0 radical (unpaired) electrons. The van der Waals surface area contributed by atoms with Crippen molar-refractivity contribution in [3.05, 3.63) is 41.1 Å². The third-order valence-electron chi connectivity index (χ3n) is 3.35. The highest BCUT2D eigenvalue weighted by atomic mass is 32.2. The zero-order chi connectivity index (χ0) is 15.6. The summed E-state index contributed by atoms with van der Waals surface area (Å²) in [4.78, 5) is 15.2. The van der Waals surface area contributed by atoms with E-state index in [0.717, 1.165) is 11.3 Å². The van der Waals surface area contributed by atoms with Gasteiger partial charge in [-0.15, -0.1) is 11.8 Å². The van der Waals surface area contributed by atoms with E-state index in [1.807, 2.05) is 25.3 Å². The lowest BCUT2D eigenvalue weighted by Gasteiger charge is -2.31. The Bertz CT molecular complexity index is 593. The average Bonchev–Trinajstić information content (AvgIpc) is 2.46. The first-order chi connectivity index (χ1) is 9.93. The smallest absolute Gasteiger partial charge is 0.253 e. The monoisotopic (exact) mass is 321 g/mol. The van der Waals surface area contributed by atoms with Crippen LogP contribution in [0.4, 0.5) is 0 Å². The van der Waals surface area contributed by atoms with Crippen LogP contribution in [-0.2, 0) is 4.79 Å². The van der Waals surface area contributed by atoms with Crippen LogP contribution in [0.2, 0.25) is 0 Å². The zero-order valence-electron chi connectivity index (χ0n) is 12.6. The second-order valence-corrected chi connectivity index (χ2v) is 6.33. The molecule has 1 aliphatic heterocycles. The van der Waals surface area contributed by atoms with Crippen LogP contribution in [0.1, 0.15) is 18.5 Å². The van der Waals surface area contributed by atoms with Crippen molar-refractivity contribution in [2.24, 2.45) is 0 Å². The summed E-state index contributed by atoms with van der Waals surface area (Å²) in [6.07, 6.45) is 2.04. The molecule has 1 aromatic rings. The quantitative estimate of drug-likeness (QED) is 0.661. The van der Waals surface area contributed by atoms with Crippen molar-refractivity contribution < 1.29 is 4.79 Å². The van der Waals surface area contributed by atoms with Crippen LogP contribution in [0.3, 0.4) is 0 Å². The summed E-state index contributed by atoms with van der Waals surface area (Å²) in [5.41, 5.74) is 2.53. The fourth-order valence-electron chi connectivity index (χ4n) is 2.26. The SMILES string of the molecule is CSc1ccc([C@@H]2NC(=S)NC(C)=C2C(=O)N(C)C)cc1. The van der Waals surface area contributed by atoms with Gasteiger partial charge in [0.15, 0.2) is 5.11 Å². The van der Waals surface area contributed by atoms with Gasteiger partial charge in [0.05, 0.1) is 11.6 Å². The number of thioether (sulfide) groups is 1. The van der Waals surface area contributed by atoms with Gasteiger partial charge in [0.1, 0.15) is 0 Å². The first kappa shape index (κ1) is 15.9. The molecule has 1 atom stereocenters. The first-order valence-electron chi connectivity index (χ1n) is 6.58. The minimum Gasteiger partial charge on any atom is -0.351 e. The minimum absolute atomic E-state index is 0.0195. The summed E-state index contributed by atoms with van der Waals surface area (Å²) >= 11 is 6.92. The number of nitrogens with zero attached hydrogens (tertiary/aromatic N) is 1. The molecule has 0 aromatic heterocycles. The number of hydrogen-bond donors (Lipinski definition) is 2. The number of carbonyl (C=O) groups is 1. The highest BCUT2D eigenvalue weighted by molar-refractivity contribution is 7.98. The van der Waals surface area contributed by atoms with E-state index < -0.39 is 0 Å². The standard InChI is InChI=1S/C15H19N3OS2/c1-9-12(14(19)18(2)3)13(17-15(20)16-9)10-5-7-11(21-4)8-6-10/h5-8,13H,1-4H3,(H2,16,17,20)/t13-/m0/s1. The summed E-state index contributed by atoms with van der Waals surface area (Å²) in [5.74, 6) is -0.0195. The molecule has 0 saturated carbocycles. The molecule has 0 fully saturated rings. The number of rotatable bonds is 3. The van der Waals surface area contributed by atoms with Crippen molar-refractivity contribution in [3.8, 4) is 0 Å². The second kappa shape index (κ2) is 6.49. The lowest BCUT2D eigenvalue weighted by molar-refractivity contribution is -0.125. The first-order valence-corrected chi connectivity index (χ1v) is 8.21. The van der Waals surface area contributed by atoms with Gasteiger partial charge in [-0.1, -0.05) is 12.1 Å². The number of benzene rings is 1. The van der Waals surface area contributed by atoms with Crippen molar-refractivity contribution in [1.82, 2.24) is 15.5 Å². The van der Waals surface area contributed by atoms with Crippen molar-refractivity contribution in [2.75, 3.05) is 20.4 Å². The molecule has 1 aliphatic rings. The predicted molar refractivity (Wildman–Crippen MR) is 91.2 cm³/mol. The van der Waals surface area contributed by atoms with Crippen molar-refractivity contribution in [3.63, 3.8) is 0 Å². The molecule has 112 valence electrons. The summed E-state index contributed by atoms with van der Waals surface area (Å²) < 4.78 is 0. The maximum Gasteiger partial charge on any atom is 0.253 e. The summed E-state index contributed by atoms with van der Waals surface area (Å²) in [6, 6.07) is 7.96.